The molecule has 24 heavy (non-hydrogen) atoms. The Morgan fingerprint density at radius 1 is 1.17 bits per heavy atom. The van der Waals surface area contributed by atoms with E-state index < -0.39 is 10.0 Å². The van der Waals surface area contributed by atoms with E-state index in [1.54, 1.807) is 27.8 Å². The number of thiophene rings is 1. The Kier molecular flexibility index (Phi) is 5.24. The number of hydrogen-bond donors (Lipinski definition) is 0. The third kappa shape index (κ3) is 3.64. The highest BCUT2D eigenvalue weighted by Crippen LogP contribution is 2.28. The van der Waals surface area contributed by atoms with Crippen molar-refractivity contribution in [3.8, 4) is 5.75 Å². The fraction of sp³-hybridized carbons (Fsp3) is 0.412. The third-order valence-corrected chi connectivity index (χ3v) is 7.01. The molecule has 0 unspecified atom stereocenters. The molecule has 0 radical (unpaired) electrons. The number of piperazine rings is 1. The number of nitrogens with zero attached hydrogens (tertiary/aromatic N) is 2. The first-order chi connectivity index (χ1) is 11.5. The van der Waals surface area contributed by atoms with Crippen molar-refractivity contribution < 1.29 is 13.2 Å². The monoisotopic (exact) mass is 366 g/mol. The Hall–Kier alpha value is -1.41. The fourth-order valence-corrected chi connectivity index (χ4v) is 5.28. The number of ether oxygens (including phenoxy) is 1. The first kappa shape index (κ1) is 17.4. The van der Waals surface area contributed by atoms with Gasteiger partial charge in [0.15, 0.2) is 0 Å². The van der Waals surface area contributed by atoms with Crippen molar-refractivity contribution in [1.82, 2.24) is 9.21 Å². The van der Waals surface area contributed by atoms with Crippen LogP contribution in [0.25, 0.3) is 0 Å². The Labute approximate surface area is 147 Å². The minimum atomic E-state index is -3.53. The molecule has 2 aromatic rings. The van der Waals surface area contributed by atoms with Gasteiger partial charge in [0.05, 0.1) is 7.11 Å². The van der Waals surface area contributed by atoms with Gasteiger partial charge in [-0.05, 0) is 36.1 Å². The van der Waals surface area contributed by atoms with Crippen LogP contribution in [0, 0.1) is 6.92 Å². The molecule has 0 N–H and O–H groups in total. The van der Waals surface area contributed by atoms with Gasteiger partial charge in [-0.1, -0.05) is 12.1 Å². The van der Waals surface area contributed by atoms with Gasteiger partial charge in [0.2, 0.25) is 10.0 Å². The van der Waals surface area contributed by atoms with E-state index in [-0.39, 0.29) is 4.90 Å². The van der Waals surface area contributed by atoms with Crippen molar-refractivity contribution in [2.24, 2.45) is 0 Å². The lowest BCUT2D eigenvalue weighted by Gasteiger charge is -2.34. The molecule has 5 nitrogen and oxygen atoms in total. The Morgan fingerprint density at radius 3 is 2.54 bits per heavy atom. The molecule has 1 fully saturated rings. The predicted molar refractivity (Wildman–Crippen MR) is 96.1 cm³/mol. The fourth-order valence-electron chi connectivity index (χ4n) is 2.88. The summed E-state index contributed by atoms with van der Waals surface area (Å²) in [6, 6.07) is 9.42. The molecule has 7 heteroatoms. The maximum Gasteiger partial charge on any atom is 0.246 e. The summed E-state index contributed by atoms with van der Waals surface area (Å²) in [6.45, 7) is 5.27. The van der Waals surface area contributed by atoms with Crippen LogP contribution >= 0.6 is 11.3 Å². The summed E-state index contributed by atoms with van der Waals surface area (Å²) in [4.78, 5) is 3.87. The summed E-state index contributed by atoms with van der Waals surface area (Å²) in [5.41, 5.74) is 0.908. The number of hydrogen-bond acceptors (Lipinski definition) is 5. The normalized spacial score (nSPS) is 17.1. The van der Waals surface area contributed by atoms with Crippen LogP contribution in [0.2, 0.25) is 0 Å². The molecular formula is C17H22N2O3S2. The molecule has 0 spiro atoms. The zero-order valence-electron chi connectivity index (χ0n) is 13.9. The van der Waals surface area contributed by atoms with Crippen LogP contribution in [-0.2, 0) is 16.6 Å². The molecule has 1 aromatic carbocycles. The Balaban J connectivity index is 1.72. The van der Waals surface area contributed by atoms with E-state index in [2.05, 4.69) is 16.3 Å². The van der Waals surface area contributed by atoms with Crippen LogP contribution in [0.1, 0.15) is 10.4 Å². The standard InChI is InChI=1S/C17H22N2O3S2/c1-14-5-6-16(22-2)17(12-14)24(20,21)19-9-7-18(8-10-19)13-15-4-3-11-23-15/h3-6,11-12H,7-10,13H2,1-2H3. The minimum Gasteiger partial charge on any atom is -0.495 e. The SMILES string of the molecule is COc1ccc(C)cc1S(=O)(=O)N1CCN(Cc2cccs2)CC1. The van der Waals surface area contributed by atoms with E-state index in [1.165, 1.54) is 12.0 Å². The molecule has 0 aliphatic carbocycles. The largest absolute Gasteiger partial charge is 0.495 e. The molecule has 2 heterocycles. The number of rotatable bonds is 5. The molecule has 1 aromatic heterocycles. The molecule has 0 amide bonds. The van der Waals surface area contributed by atoms with Crippen molar-refractivity contribution in [2.75, 3.05) is 33.3 Å². The van der Waals surface area contributed by atoms with Gasteiger partial charge in [0.1, 0.15) is 10.6 Å². The Bertz CT molecular complexity index is 780. The van der Waals surface area contributed by atoms with E-state index in [4.69, 9.17) is 4.74 Å². The summed E-state index contributed by atoms with van der Waals surface area (Å²) >= 11 is 1.74. The molecule has 1 saturated heterocycles. The van der Waals surface area contributed by atoms with Crippen LogP contribution < -0.4 is 4.74 Å². The van der Waals surface area contributed by atoms with E-state index in [1.807, 2.05) is 19.1 Å². The zero-order chi connectivity index (χ0) is 17.2. The van der Waals surface area contributed by atoms with Gasteiger partial charge in [-0.3, -0.25) is 4.90 Å². The van der Waals surface area contributed by atoms with Gasteiger partial charge < -0.3 is 4.74 Å². The van der Waals surface area contributed by atoms with Crippen LogP contribution in [-0.4, -0.2) is 50.9 Å². The van der Waals surface area contributed by atoms with Crippen LogP contribution in [0.4, 0.5) is 0 Å². The molecule has 0 saturated carbocycles. The summed E-state index contributed by atoms with van der Waals surface area (Å²) in [6.07, 6.45) is 0. The van der Waals surface area contributed by atoms with E-state index in [0.29, 0.717) is 18.8 Å². The summed E-state index contributed by atoms with van der Waals surface area (Å²) < 4.78 is 32.8. The van der Waals surface area contributed by atoms with Gasteiger partial charge in [-0.15, -0.1) is 11.3 Å². The second kappa shape index (κ2) is 7.23. The second-order valence-electron chi connectivity index (χ2n) is 5.91. The summed E-state index contributed by atoms with van der Waals surface area (Å²) in [5.74, 6) is 0.404. The van der Waals surface area contributed by atoms with Crippen molar-refractivity contribution in [1.29, 1.82) is 0 Å². The van der Waals surface area contributed by atoms with E-state index in [0.717, 1.165) is 25.2 Å². The molecular weight excluding hydrogens is 344 g/mol. The van der Waals surface area contributed by atoms with Gasteiger partial charge in [0.25, 0.3) is 0 Å². The molecule has 130 valence electrons. The van der Waals surface area contributed by atoms with Crippen molar-refractivity contribution >= 4 is 21.4 Å². The van der Waals surface area contributed by atoms with E-state index >= 15 is 0 Å². The highest BCUT2D eigenvalue weighted by atomic mass is 32.2. The molecule has 0 bridgehead atoms. The molecule has 3 rings (SSSR count). The number of benzene rings is 1. The van der Waals surface area contributed by atoms with Gasteiger partial charge >= 0.3 is 0 Å². The quantitative estimate of drug-likeness (QED) is 0.816. The maximum atomic E-state index is 13.0. The predicted octanol–water partition coefficient (Wildman–Crippen LogP) is 2.57. The van der Waals surface area contributed by atoms with Crippen molar-refractivity contribution in [2.45, 2.75) is 18.4 Å². The van der Waals surface area contributed by atoms with Gasteiger partial charge in [-0.25, -0.2) is 8.42 Å². The zero-order valence-corrected chi connectivity index (χ0v) is 15.6. The highest BCUT2D eigenvalue weighted by Gasteiger charge is 2.30. The number of methoxy groups -OCH3 is 1. The van der Waals surface area contributed by atoms with Crippen LogP contribution in [0.15, 0.2) is 40.6 Å². The smallest absolute Gasteiger partial charge is 0.246 e. The molecule has 1 aliphatic heterocycles. The lowest BCUT2D eigenvalue weighted by atomic mass is 10.2. The maximum absolute atomic E-state index is 13.0. The van der Waals surface area contributed by atoms with Gasteiger partial charge in [-0.2, -0.15) is 4.31 Å². The van der Waals surface area contributed by atoms with Crippen LogP contribution in [0.5, 0.6) is 5.75 Å². The minimum absolute atomic E-state index is 0.261. The third-order valence-electron chi connectivity index (χ3n) is 4.23. The average Bonchev–Trinajstić information content (AvgIpc) is 3.08. The summed E-state index contributed by atoms with van der Waals surface area (Å²) in [5, 5.41) is 2.07. The first-order valence-corrected chi connectivity index (χ1v) is 10.2. The lowest BCUT2D eigenvalue weighted by molar-refractivity contribution is 0.182. The molecule has 0 atom stereocenters. The number of sulfonamides is 1. The van der Waals surface area contributed by atoms with E-state index in [9.17, 15) is 8.42 Å². The topological polar surface area (TPSA) is 49.9 Å². The van der Waals surface area contributed by atoms with Crippen molar-refractivity contribution in [3.05, 3.63) is 46.2 Å². The van der Waals surface area contributed by atoms with Gasteiger partial charge in [0, 0.05) is 37.6 Å². The lowest BCUT2D eigenvalue weighted by Crippen LogP contribution is -2.48. The highest BCUT2D eigenvalue weighted by molar-refractivity contribution is 7.89. The average molecular weight is 367 g/mol. The van der Waals surface area contributed by atoms with Crippen LogP contribution in [0.3, 0.4) is 0 Å². The second-order valence-corrected chi connectivity index (χ2v) is 8.85. The van der Waals surface area contributed by atoms with Crippen molar-refractivity contribution in [3.63, 3.8) is 0 Å². The number of aryl methyl sites for hydroxylation is 1. The summed E-state index contributed by atoms with van der Waals surface area (Å²) in [7, 11) is -2.03. The first-order valence-electron chi connectivity index (χ1n) is 7.90. The molecule has 1 aliphatic rings. The Morgan fingerprint density at radius 2 is 1.92 bits per heavy atom.